The second-order valence-corrected chi connectivity index (χ2v) is 4.95. The van der Waals surface area contributed by atoms with Crippen molar-refractivity contribution in [3.63, 3.8) is 0 Å². The zero-order valence-electron chi connectivity index (χ0n) is 13.7. The highest BCUT2D eigenvalue weighted by Gasteiger charge is 2.16. The van der Waals surface area contributed by atoms with Crippen LogP contribution in [0, 0.1) is 6.92 Å². The van der Waals surface area contributed by atoms with Crippen LogP contribution < -0.4 is 15.1 Å². The summed E-state index contributed by atoms with van der Waals surface area (Å²) in [5.74, 6) is 0.317. The number of hydrogen-bond donors (Lipinski definition) is 1. The van der Waals surface area contributed by atoms with Crippen molar-refractivity contribution in [2.24, 2.45) is 0 Å². The molecule has 0 aliphatic heterocycles. The minimum atomic E-state index is -0.869. The summed E-state index contributed by atoms with van der Waals surface area (Å²) < 4.78 is 15.5. The fourth-order valence-electron chi connectivity index (χ4n) is 2.14. The second kappa shape index (κ2) is 7.50. The first-order valence-electron chi connectivity index (χ1n) is 7.33. The van der Waals surface area contributed by atoms with Gasteiger partial charge < -0.3 is 19.0 Å². The average Bonchev–Trinajstić information content (AvgIpc) is 2.52. The van der Waals surface area contributed by atoms with Gasteiger partial charge in [0.25, 0.3) is 0 Å². The van der Waals surface area contributed by atoms with Crippen LogP contribution in [-0.2, 0) is 0 Å². The number of aromatic hydroxyl groups is 1. The summed E-state index contributed by atoms with van der Waals surface area (Å²) in [5, 5.41) is 9.77. The van der Waals surface area contributed by atoms with Gasteiger partial charge in [0, 0.05) is 6.07 Å². The standard InChI is InChI=1S/C18H18O6/c1-4-23-16-10-12(6-8-15(16)22-3)5-7-13(19)17-14(20)9-11(2)24-18(17)21/h5-10,20H,4H2,1-3H3/b7-5+. The molecule has 0 amide bonds. The first-order valence-corrected chi connectivity index (χ1v) is 7.33. The number of carbonyl (C=O) groups excluding carboxylic acids is 1. The Morgan fingerprint density at radius 1 is 1.29 bits per heavy atom. The maximum Gasteiger partial charge on any atom is 0.351 e. The van der Waals surface area contributed by atoms with Gasteiger partial charge in [-0.1, -0.05) is 12.1 Å². The molecule has 0 fully saturated rings. The predicted octanol–water partition coefficient (Wildman–Crippen LogP) is 2.96. The van der Waals surface area contributed by atoms with Gasteiger partial charge in [0.15, 0.2) is 17.3 Å². The summed E-state index contributed by atoms with van der Waals surface area (Å²) in [7, 11) is 1.54. The number of ketones is 1. The molecule has 126 valence electrons. The molecule has 2 rings (SSSR count). The van der Waals surface area contributed by atoms with Gasteiger partial charge in [0.1, 0.15) is 17.1 Å². The first-order chi connectivity index (χ1) is 11.5. The lowest BCUT2D eigenvalue weighted by Gasteiger charge is -2.09. The van der Waals surface area contributed by atoms with Crippen molar-refractivity contribution in [3.05, 3.63) is 57.6 Å². The Balaban J connectivity index is 2.29. The predicted molar refractivity (Wildman–Crippen MR) is 88.9 cm³/mol. The SMILES string of the molecule is CCOc1cc(/C=C/C(=O)c2c(O)cc(C)oc2=O)ccc1OC. The Morgan fingerprint density at radius 3 is 2.67 bits per heavy atom. The first kappa shape index (κ1) is 17.3. The van der Waals surface area contributed by atoms with Gasteiger partial charge in [-0.15, -0.1) is 0 Å². The molecule has 6 nitrogen and oxygen atoms in total. The third-order valence-corrected chi connectivity index (χ3v) is 3.22. The highest BCUT2D eigenvalue weighted by atomic mass is 16.5. The van der Waals surface area contributed by atoms with Crippen LogP contribution in [0.4, 0.5) is 0 Å². The van der Waals surface area contributed by atoms with Crippen molar-refractivity contribution in [1.29, 1.82) is 0 Å². The minimum Gasteiger partial charge on any atom is -0.507 e. The molecule has 0 spiro atoms. The zero-order chi connectivity index (χ0) is 17.7. The van der Waals surface area contributed by atoms with E-state index in [-0.39, 0.29) is 5.76 Å². The molecule has 0 unspecified atom stereocenters. The van der Waals surface area contributed by atoms with Crippen LogP contribution in [0.3, 0.4) is 0 Å². The summed E-state index contributed by atoms with van der Waals surface area (Å²) in [6.45, 7) is 3.84. The van der Waals surface area contributed by atoms with Gasteiger partial charge in [0.2, 0.25) is 0 Å². The van der Waals surface area contributed by atoms with Crippen molar-refractivity contribution >= 4 is 11.9 Å². The summed E-state index contributed by atoms with van der Waals surface area (Å²) in [6, 6.07) is 6.39. The Morgan fingerprint density at radius 2 is 2.04 bits per heavy atom. The van der Waals surface area contributed by atoms with Gasteiger partial charge in [-0.25, -0.2) is 4.79 Å². The topological polar surface area (TPSA) is 86.0 Å². The maximum atomic E-state index is 12.1. The molecular formula is C18H18O6. The van der Waals surface area contributed by atoms with Crippen molar-refractivity contribution in [2.45, 2.75) is 13.8 Å². The molecule has 1 heterocycles. The molecule has 2 aromatic rings. The molecule has 24 heavy (non-hydrogen) atoms. The molecular weight excluding hydrogens is 312 g/mol. The summed E-state index contributed by atoms with van der Waals surface area (Å²) in [4.78, 5) is 23.9. The minimum absolute atomic E-state index is 0.231. The molecule has 1 aromatic heterocycles. The van der Waals surface area contributed by atoms with E-state index in [1.807, 2.05) is 6.92 Å². The van der Waals surface area contributed by atoms with Gasteiger partial charge in [0.05, 0.1) is 13.7 Å². The number of ether oxygens (including phenoxy) is 2. The Hall–Kier alpha value is -3.02. The Labute approximate surface area is 139 Å². The third-order valence-electron chi connectivity index (χ3n) is 3.22. The van der Waals surface area contributed by atoms with Gasteiger partial charge in [-0.05, 0) is 37.6 Å². The van der Waals surface area contributed by atoms with Crippen molar-refractivity contribution < 1.29 is 23.8 Å². The van der Waals surface area contributed by atoms with Gasteiger partial charge in [-0.2, -0.15) is 0 Å². The maximum absolute atomic E-state index is 12.1. The van der Waals surface area contributed by atoms with Crippen molar-refractivity contribution in [3.8, 4) is 17.2 Å². The van der Waals surface area contributed by atoms with E-state index in [2.05, 4.69) is 0 Å². The summed E-state index contributed by atoms with van der Waals surface area (Å²) in [6.07, 6.45) is 2.71. The molecule has 0 atom stereocenters. The molecule has 6 heteroatoms. The fourth-order valence-corrected chi connectivity index (χ4v) is 2.14. The molecule has 0 aliphatic rings. The van der Waals surface area contributed by atoms with Crippen LogP contribution in [0.2, 0.25) is 0 Å². The van der Waals surface area contributed by atoms with Crippen LogP contribution in [-0.4, -0.2) is 24.6 Å². The number of carbonyl (C=O) groups is 1. The third kappa shape index (κ3) is 3.84. The van der Waals surface area contributed by atoms with Crippen LogP contribution in [0.1, 0.15) is 28.6 Å². The largest absolute Gasteiger partial charge is 0.507 e. The van der Waals surface area contributed by atoms with Gasteiger partial charge in [-0.3, -0.25) is 4.79 Å². The lowest BCUT2D eigenvalue weighted by atomic mass is 10.1. The number of methoxy groups -OCH3 is 1. The van der Waals surface area contributed by atoms with E-state index in [9.17, 15) is 14.7 Å². The highest BCUT2D eigenvalue weighted by molar-refractivity contribution is 6.08. The van der Waals surface area contributed by atoms with E-state index >= 15 is 0 Å². The molecule has 0 radical (unpaired) electrons. The van der Waals surface area contributed by atoms with Crippen LogP contribution in [0.25, 0.3) is 6.08 Å². The molecule has 0 aliphatic carbocycles. The average molecular weight is 330 g/mol. The van der Waals surface area contributed by atoms with Crippen LogP contribution >= 0.6 is 0 Å². The number of hydrogen-bond acceptors (Lipinski definition) is 6. The lowest BCUT2D eigenvalue weighted by molar-refractivity contribution is 0.104. The normalized spacial score (nSPS) is 10.8. The van der Waals surface area contributed by atoms with Crippen molar-refractivity contribution in [1.82, 2.24) is 0 Å². The van der Waals surface area contributed by atoms with Crippen LogP contribution in [0.5, 0.6) is 17.2 Å². The smallest absolute Gasteiger partial charge is 0.351 e. The monoisotopic (exact) mass is 330 g/mol. The summed E-state index contributed by atoms with van der Waals surface area (Å²) >= 11 is 0. The molecule has 1 aromatic carbocycles. The fraction of sp³-hybridized carbons (Fsp3) is 0.222. The van der Waals surface area contributed by atoms with E-state index in [1.165, 1.54) is 32.3 Å². The molecule has 0 bridgehead atoms. The summed E-state index contributed by atoms with van der Waals surface area (Å²) in [5.41, 5.74) is -0.578. The van der Waals surface area contributed by atoms with E-state index in [4.69, 9.17) is 13.9 Å². The molecule has 0 saturated carbocycles. The number of benzene rings is 1. The van der Waals surface area contributed by atoms with E-state index in [0.717, 1.165) is 0 Å². The number of rotatable bonds is 6. The number of aryl methyl sites for hydroxylation is 1. The van der Waals surface area contributed by atoms with E-state index in [0.29, 0.717) is 23.7 Å². The number of allylic oxidation sites excluding steroid dienone is 1. The Kier molecular flexibility index (Phi) is 5.42. The highest BCUT2D eigenvalue weighted by Crippen LogP contribution is 2.28. The second-order valence-electron chi connectivity index (χ2n) is 4.95. The zero-order valence-corrected chi connectivity index (χ0v) is 13.7. The van der Waals surface area contributed by atoms with E-state index < -0.39 is 22.7 Å². The van der Waals surface area contributed by atoms with Crippen molar-refractivity contribution in [2.75, 3.05) is 13.7 Å². The van der Waals surface area contributed by atoms with Gasteiger partial charge >= 0.3 is 5.63 Å². The lowest BCUT2D eigenvalue weighted by Crippen LogP contribution is -2.12. The quantitative estimate of drug-likeness (QED) is 0.647. The molecule has 0 saturated heterocycles. The van der Waals surface area contributed by atoms with E-state index in [1.54, 1.807) is 18.2 Å². The Bertz CT molecular complexity index is 832. The molecule has 1 N–H and O–H groups in total. The van der Waals surface area contributed by atoms with Crippen LogP contribution in [0.15, 0.2) is 39.6 Å².